The number of hydrogen-bond donors (Lipinski definition) is 0. The standard InChI is InChI=1S/C20H27N7OS/c1-13(2)16-21-18(26(3)4)23-19(22-16)29-20-25-24-17(15-11-8-12-28-15)27(20)14-9-6-5-7-10-14/h8,11-14H,5-7,9-10H2,1-4H3. The minimum atomic E-state index is 0.214. The second-order valence-electron chi connectivity index (χ2n) is 7.87. The van der Waals surface area contributed by atoms with E-state index < -0.39 is 0 Å². The smallest absolute Gasteiger partial charge is 0.229 e. The average molecular weight is 414 g/mol. The Morgan fingerprint density at radius 3 is 2.55 bits per heavy atom. The summed E-state index contributed by atoms with van der Waals surface area (Å²) in [5.74, 6) is 3.16. The Hall–Kier alpha value is -2.42. The molecule has 4 rings (SSSR count). The fourth-order valence-electron chi connectivity index (χ4n) is 3.54. The molecule has 3 aromatic heterocycles. The fraction of sp³-hybridized carbons (Fsp3) is 0.550. The van der Waals surface area contributed by atoms with Gasteiger partial charge in [-0.25, -0.2) is 4.98 Å². The highest BCUT2D eigenvalue weighted by Crippen LogP contribution is 2.37. The second kappa shape index (κ2) is 8.52. The first-order valence-electron chi connectivity index (χ1n) is 10.1. The molecule has 0 N–H and O–H groups in total. The van der Waals surface area contributed by atoms with Crippen LogP contribution >= 0.6 is 11.8 Å². The highest BCUT2D eigenvalue weighted by atomic mass is 32.2. The molecule has 0 atom stereocenters. The van der Waals surface area contributed by atoms with Gasteiger partial charge >= 0.3 is 0 Å². The molecule has 1 aliphatic rings. The van der Waals surface area contributed by atoms with Crippen LogP contribution in [0, 0.1) is 0 Å². The van der Waals surface area contributed by atoms with Crippen molar-refractivity contribution in [3.8, 4) is 11.6 Å². The molecule has 0 unspecified atom stereocenters. The van der Waals surface area contributed by atoms with Crippen LogP contribution < -0.4 is 4.90 Å². The van der Waals surface area contributed by atoms with Crippen molar-refractivity contribution in [1.82, 2.24) is 29.7 Å². The van der Waals surface area contributed by atoms with E-state index in [1.165, 1.54) is 31.0 Å². The van der Waals surface area contributed by atoms with Gasteiger partial charge in [-0.3, -0.25) is 4.57 Å². The van der Waals surface area contributed by atoms with E-state index in [4.69, 9.17) is 4.42 Å². The summed E-state index contributed by atoms with van der Waals surface area (Å²) in [6.45, 7) is 4.17. The molecule has 0 aromatic carbocycles. The van der Waals surface area contributed by atoms with Crippen LogP contribution in [0.2, 0.25) is 0 Å². The Labute approximate surface area is 175 Å². The third kappa shape index (κ3) is 4.29. The minimum absolute atomic E-state index is 0.214. The first-order valence-corrected chi connectivity index (χ1v) is 10.9. The second-order valence-corrected chi connectivity index (χ2v) is 8.81. The molecular weight excluding hydrogens is 386 g/mol. The number of anilines is 1. The molecular formula is C20H27N7OS. The SMILES string of the molecule is CC(C)c1nc(Sc2nnc(-c3ccco3)n2C2CCCCC2)nc(N(C)C)n1. The molecule has 0 radical (unpaired) electrons. The minimum Gasteiger partial charge on any atom is -0.461 e. The molecule has 1 aliphatic carbocycles. The molecule has 1 saturated carbocycles. The zero-order valence-electron chi connectivity index (χ0n) is 17.4. The van der Waals surface area contributed by atoms with Crippen LogP contribution in [0.5, 0.6) is 0 Å². The molecule has 0 amide bonds. The normalized spacial score (nSPS) is 15.2. The molecule has 0 bridgehead atoms. The summed E-state index contributed by atoms with van der Waals surface area (Å²) in [5.41, 5.74) is 0. The topological polar surface area (TPSA) is 85.8 Å². The van der Waals surface area contributed by atoms with Gasteiger partial charge in [0.25, 0.3) is 0 Å². The lowest BCUT2D eigenvalue weighted by Crippen LogP contribution is -2.17. The van der Waals surface area contributed by atoms with Crippen LogP contribution in [-0.4, -0.2) is 43.8 Å². The summed E-state index contributed by atoms with van der Waals surface area (Å²) in [6.07, 6.45) is 7.64. The van der Waals surface area contributed by atoms with E-state index in [9.17, 15) is 0 Å². The zero-order valence-corrected chi connectivity index (χ0v) is 18.2. The maximum atomic E-state index is 5.64. The highest BCUT2D eigenvalue weighted by molar-refractivity contribution is 7.99. The Morgan fingerprint density at radius 2 is 1.90 bits per heavy atom. The van der Waals surface area contributed by atoms with E-state index in [1.807, 2.05) is 31.1 Å². The van der Waals surface area contributed by atoms with Crippen LogP contribution in [0.25, 0.3) is 11.6 Å². The number of rotatable bonds is 6. The maximum Gasteiger partial charge on any atom is 0.229 e. The van der Waals surface area contributed by atoms with Crippen LogP contribution in [0.1, 0.15) is 63.7 Å². The van der Waals surface area contributed by atoms with E-state index in [0.29, 0.717) is 17.1 Å². The largest absolute Gasteiger partial charge is 0.461 e. The molecule has 0 aliphatic heterocycles. The van der Waals surface area contributed by atoms with E-state index in [2.05, 4.69) is 43.6 Å². The van der Waals surface area contributed by atoms with Crippen molar-refractivity contribution in [2.75, 3.05) is 19.0 Å². The molecule has 1 fully saturated rings. The first kappa shape index (κ1) is 19.9. The van der Waals surface area contributed by atoms with E-state index in [0.717, 1.165) is 35.4 Å². The average Bonchev–Trinajstić information content (AvgIpc) is 3.38. The zero-order chi connectivity index (χ0) is 20.4. The molecule has 0 saturated heterocycles. The fourth-order valence-corrected chi connectivity index (χ4v) is 4.38. The quantitative estimate of drug-likeness (QED) is 0.581. The van der Waals surface area contributed by atoms with E-state index >= 15 is 0 Å². The summed E-state index contributed by atoms with van der Waals surface area (Å²) in [5, 5.41) is 10.4. The van der Waals surface area contributed by atoms with Gasteiger partial charge in [0.1, 0.15) is 5.82 Å². The molecule has 3 aromatic rings. The summed E-state index contributed by atoms with van der Waals surface area (Å²) in [6, 6.07) is 4.18. The Morgan fingerprint density at radius 1 is 1.10 bits per heavy atom. The summed E-state index contributed by atoms with van der Waals surface area (Å²) in [7, 11) is 3.88. The Kier molecular flexibility index (Phi) is 5.84. The summed E-state index contributed by atoms with van der Waals surface area (Å²) >= 11 is 1.45. The third-order valence-corrected chi connectivity index (χ3v) is 5.89. The molecule has 8 nitrogen and oxygen atoms in total. The number of aromatic nitrogens is 6. The van der Waals surface area contributed by atoms with Gasteiger partial charge in [0.05, 0.1) is 6.26 Å². The predicted octanol–water partition coefficient (Wildman–Crippen LogP) is 4.57. The number of furan rings is 1. The lowest BCUT2D eigenvalue weighted by atomic mass is 9.95. The van der Waals surface area contributed by atoms with Gasteiger partial charge in [0.2, 0.25) is 16.9 Å². The summed E-state index contributed by atoms with van der Waals surface area (Å²) < 4.78 is 7.85. The van der Waals surface area contributed by atoms with Crippen molar-refractivity contribution in [1.29, 1.82) is 0 Å². The monoisotopic (exact) mass is 413 g/mol. The van der Waals surface area contributed by atoms with Crippen molar-refractivity contribution in [2.24, 2.45) is 0 Å². The number of nitrogens with zero attached hydrogens (tertiary/aromatic N) is 7. The maximum absolute atomic E-state index is 5.64. The van der Waals surface area contributed by atoms with Crippen molar-refractivity contribution >= 4 is 17.7 Å². The van der Waals surface area contributed by atoms with Gasteiger partial charge in [-0.05, 0) is 36.7 Å². The van der Waals surface area contributed by atoms with Crippen LogP contribution in [-0.2, 0) is 0 Å². The van der Waals surface area contributed by atoms with Crippen molar-refractivity contribution in [3.05, 3.63) is 24.2 Å². The van der Waals surface area contributed by atoms with Gasteiger partial charge in [-0.1, -0.05) is 33.1 Å². The number of hydrogen-bond acceptors (Lipinski definition) is 8. The van der Waals surface area contributed by atoms with Crippen molar-refractivity contribution in [3.63, 3.8) is 0 Å². The highest BCUT2D eigenvalue weighted by Gasteiger charge is 2.26. The van der Waals surface area contributed by atoms with E-state index in [-0.39, 0.29) is 5.92 Å². The van der Waals surface area contributed by atoms with E-state index in [1.54, 1.807) is 6.26 Å². The predicted molar refractivity (Wildman–Crippen MR) is 112 cm³/mol. The van der Waals surface area contributed by atoms with Crippen molar-refractivity contribution < 1.29 is 4.42 Å². The molecule has 154 valence electrons. The Bertz CT molecular complexity index is 920. The molecule has 3 heterocycles. The lowest BCUT2D eigenvalue weighted by Gasteiger charge is -2.25. The van der Waals surface area contributed by atoms with Crippen LogP contribution in [0.4, 0.5) is 5.95 Å². The van der Waals surface area contributed by atoms with Gasteiger partial charge in [-0.2, -0.15) is 9.97 Å². The van der Waals surface area contributed by atoms with Crippen LogP contribution in [0.15, 0.2) is 33.1 Å². The van der Waals surface area contributed by atoms with Gasteiger partial charge < -0.3 is 9.32 Å². The lowest BCUT2D eigenvalue weighted by molar-refractivity contribution is 0.337. The first-order chi connectivity index (χ1) is 14.0. The van der Waals surface area contributed by atoms with Crippen molar-refractivity contribution in [2.45, 2.75) is 68.2 Å². The third-order valence-electron chi connectivity index (χ3n) is 5.07. The van der Waals surface area contributed by atoms with Gasteiger partial charge in [0.15, 0.2) is 10.9 Å². The molecule has 29 heavy (non-hydrogen) atoms. The molecule has 9 heteroatoms. The van der Waals surface area contributed by atoms with Gasteiger partial charge in [-0.15, -0.1) is 10.2 Å². The van der Waals surface area contributed by atoms with Crippen LogP contribution in [0.3, 0.4) is 0 Å². The Balaban J connectivity index is 1.74. The van der Waals surface area contributed by atoms with Gasteiger partial charge in [0, 0.05) is 26.1 Å². The summed E-state index contributed by atoms with van der Waals surface area (Å²) in [4.78, 5) is 15.8. The molecule has 0 spiro atoms.